The van der Waals surface area contributed by atoms with E-state index in [4.69, 9.17) is 10.8 Å². The van der Waals surface area contributed by atoms with Crippen molar-refractivity contribution < 1.29 is 15.0 Å². The largest absolute Gasteiger partial charge is 0.481 e. The van der Waals surface area contributed by atoms with E-state index in [-0.39, 0.29) is 6.54 Å². The second-order valence-corrected chi connectivity index (χ2v) is 3.88. The quantitative estimate of drug-likeness (QED) is 0.687. The highest BCUT2D eigenvalue weighted by Crippen LogP contribution is 2.21. The van der Waals surface area contributed by atoms with Crippen molar-refractivity contribution in [2.75, 3.05) is 6.54 Å². The van der Waals surface area contributed by atoms with E-state index in [1.165, 1.54) is 0 Å². The van der Waals surface area contributed by atoms with Gasteiger partial charge in [0.15, 0.2) is 0 Å². The maximum Gasteiger partial charge on any atom is 0.312 e. The lowest BCUT2D eigenvalue weighted by Gasteiger charge is -2.16. The SMILES string of the molecule is CC(O)Cc1ccccc1C(CN)C(=O)O. The fourth-order valence-electron chi connectivity index (χ4n) is 1.74. The van der Waals surface area contributed by atoms with Crippen molar-refractivity contribution in [3.63, 3.8) is 0 Å². The Morgan fingerprint density at radius 3 is 2.56 bits per heavy atom. The lowest BCUT2D eigenvalue weighted by molar-refractivity contribution is -0.138. The van der Waals surface area contributed by atoms with E-state index in [0.29, 0.717) is 12.0 Å². The van der Waals surface area contributed by atoms with Crippen LogP contribution in [0.3, 0.4) is 0 Å². The number of carboxylic acid groups (broad SMARTS) is 1. The Hall–Kier alpha value is -1.39. The molecule has 0 heterocycles. The fourth-order valence-corrected chi connectivity index (χ4v) is 1.74. The average Bonchev–Trinajstić information content (AvgIpc) is 2.20. The third-order valence-electron chi connectivity index (χ3n) is 2.48. The summed E-state index contributed by atoms with van der Waals surface area (Å²) in [5.74, 6) is -1.63. The van der Waals surface area contributed by atoms with Gasteiger partial charge in [-0.1, -0.05) is 24.3 Å². The van der Waals surface area contributed by atoms with Gasteiger partial charge in [-0.15, -0.1) is 0 Å². The summed E-state index contributed by atoms with van der Waals surface area (Å²) >= 11 is 0. The first-order chi connectivity index (χ1) is 7.56. The molecule has 0 amide bonds. The van der Waals surface area contributed by atoms with Gasteiger partial charge in [-0.05, 0) is 24.5 Å². The number of hydrogen-bond donors (Lipinski definition) is 3. The minimum atomic E-state index is -0.930. The maximum absolute atomic E-state index is 11.0. The molecule has 0 saturated carbocycles. The highest BCUT2D eigenvalue weighted by atomic mass is 16.4. The first kappa shape index (κ1) is 12.7. The molecule has 4 N–H and O–H groups in total. The van der Waals surface area contributed by atoms with Crippen LogP contribution in [0.5, 0.6) is 0 Å². The summed E-state index contributed by atoms with van der Waals surface area (Å²) in [5, 5.41) is 18.4. The van der Waals surface area contributed by atoms with Crippen LogP contribution in [0.4, 0.5) is 0 Å². The number of nitrogens with two attached hydrogens (primary N) is 1. The van der Waals surface area contributed by atoms with E-state index >= 15 is 0 Å². The predicted molar refractivity (Wildman–Crippen MR) is 61.3 cm³/mol. The molecule has 1 rings (SSSR count). The van der Waals surface area contributed by atoms with Crippen LogP contribution in [0.1, 0.15) is 24.0 Å². The molecular formula is C12H17NO3. The molecule has 0 saturated heterocycles. The van der Waals surface area contributed by atoms with E-state index in [1.54, 1.807) is 19.1 Å². The van der Waals surface area contributed by atoms with Gasteiger partial charge in [0.05, 0.1) is 12.0 Å². The van der Waals surface area contributed by atoms with Crippen LogP contribution in [-0.4, -0.2) is 28.8 Å². The summed E-state index contributed by atoms with van der Waals surface area (Å²) in [6.45, 7) is 1.74. The fraction of sp³-hybridized carbons (Fsp3) is 0.417. The zero-order valence-electron chi connectivity index (χ0n) is 9.26. The van der Waals surface area contributed by atoms with Gasteiger partial charge < -0.3 is 15.9 Å². The second-order valence-electron chi connectivity index (χ2n) is 3.88. The van der Waals surface area contributed by atoms with E-state index in [9.17, 15) is 9.90 Å². The number of benzene rings is 1. The molecule has 0 spiro atoms. The number of hydrogen-bond acceptors (Lipinski definition) is 3. The van der Waals surface area contributed by atoms with Gasteiger partial charge >= 0.3 is 5.97 Å². The molecule has 0 aliphatic carbocycles. The molecule has 16 heavy (non-hydrogen) atoms. The van der Waals surface area contributed by atoms with Crippen molar-refractivity contribution in [2.24, 2.45) is 5.73 Å². The molecule has 4 heteroatoms. The molecule has 2 unspecified atom stereocenters. The van der Waals surface area contributed by atoms with Crippen molar-refractivity contribution >= 4 is 5.97 Å². The Bertz CT molecular complexity index is 363. The summed E-state index contributed by atoms with van der Waals surface area (Å²) < 4.78 is 0. The standard InChI is InChI=1S/C12H17NO3/c1-8(14)6-9-4-2-3-5-10(9)11(7-13)12(15)16/h2-5,8,11,14H,6-7,13H2,1H3,(H,15,16). The monoisotopic (exact) mass is 223 g/mol. The van der Waals surface area contributed by atoms with Crippen LogP contribution in [-0.2, 0) is 11.2 Å². The Labute approximate surface area is 94.7 Å². The van der Waals surface area contributed by atoms with Gasteiger partial charge in [-0.2, -0.15) is 0 Å². The molecule has 0 radical (unpaired) electrons. The summed E-state index contributed by atoms with van der Waals surface area (Å²) in [6, 6.07) is 7.19. The van der Waals surface area contributed by atoms with E-state index in [0.717, 1.165) is 5.56 Å². The molecule has 88 valence electrons. The Balaban J connectivity index is 3.05. The van der Waals surface area contributed by atoms with Crippen molar-refractivity contribution in [1.29, 1.82) is 0 Å². The van der Waals surface area contributed by atoms with Crippen LogP contribution in [0, 0.1) is 0 Å². The highest BCUT2D eigenvalue weighted by Gasteiger charge is 2.20. The molecule has 0 bridgehead atoms. The van der Waals surface area contributed by atoms with Crippen LogP contribution < -0.4 is 5.73 Å². The average molecular weight is 223 g/mol. The van der Waals surface area contributed by atoms with Gasteiger partial charge in [0, 0.05) is 6.54 Å². The van der Waals surface area contributed by atoms with Gasteiger partial charge in [0.25, 0.3) is 0 Å². The van der Waals surface area contributed by atoms with E-state index in [1.807, 2.05) is 12.1 Å². The van der Waals surface area contributed by atoms with Gasteiger partial charge in [-0.3, -0.25) is 4.79 Å². The number of aliphatic hydroxyl groups is 1. The van der Waals surface area contributed by atoms with Crippen molar-refractivity contribution in [2.45, 2.75) is 25.4 Å². The number of carbonyl (C=O) groups is 1. The minimum absolute atomic E-state index is 0.0617. The second kappa shape index (κ2) is 5.63. The lowest BCUT2D eigenvalue weighted by Crippen LogP contribution is -2.23. The van der Waals surface area contributed by atoms with Crippen LogP contribution >= 0.6 is 0 Å². The first-order valence-corrected chi connectivity index (χ1v) is 5.25. The summed E-state index contributed by atoms with van der Waals surface area (Å²) in [6.07, 6.45) is -0.0479. The number of aliphatic hydroxyl groups excluding tert-OH is 1. The summed E-state index contributed by atoms with van der Waals surface area (Å²) in [5.41, 5.74) is 7.00. The van der Waals surface area contributed by atoms with Crippen LogP contribution in [0.25, 0.3) is 0 Å². The van der Waals surface area contributed by atoms with Crippen LogP contribution in [0.2, 0.25) is 0 Å². The minimum Gasteiger partial charge on any atom is -0.481 e. The molecule has 2 atom stereocenters. The third-order valence-corrected chi connectivity index (χ3v) is 2.48. The zero-order valence-corrected chi connectivity index (χ0v) is 9.26. The molecule has 0 aliphatic rings. The molecule has 4 nitrogen and oxygen atoms in total. The summed E-state index contributed by atoms with van der Waals surface area (Å²) in [7, 11) is 0. The number of rotatable bonds is 5. The van der Waals surface area contributed by atoms with Crippen LogP contribution in [0.15, 0.2) is 24.3 Å². The highest BCUT2D eigenvalue weighted by molar-refractivity contribution is 5.77. The van der Waals surface area contributed by atoms with Gasteiger partial charge in [0.1, 0.15) is 0 Å². The molecule has 0 aliphatic heterocycles. The molecule has 1 aromatic carbocycles. The molecule has 0 aromatic heterocycles. The normalized spacial score (nSPS) is 14.4. The predicted octanol–water partition coefficient (Wildman–Crippen LogP) is 0.737. The maximum atomic E-state index is 11.0. The molecule has 0 fully saturated rings. The Kier molecular flexibility index (Phi) is 4.46. The Morgan fingerprint density at radius 2 is 2.06 bits per heavy atom. The third kappa shape index (κ3) is 3.05. The Morgan fingerprint density at radius 1 is 1.44 bits per heavy atom. The van der Waals surface area contributed by atoms with E-state index < -0.39 is 18.0 Å². The summed E-state index contributed by atoms with van der Waals surface area (Å²) in [4.78, 5) is 11.0. The first-order valence-electron chi connectivity index (χ1n) is 5.25. The topological polar surface area (TPSA) is 83.5 Å². The zero-order chi connectivity index (χ0) is 12.1. The van der Waals surface area contributed by atoms with Crippen molar-refractivity contribution in [3.05, 3.63) is 35.4 Å². The lowest BCUT2D eigenvalue weighted by atomic mass is 9.92. The molecular weight excluding hydrogens is 206 g/mol. The smallest absolute Gasteiger partial charge is 0.312 e. The van der Waals surface area contributed by atoms with E-state index in [2.05, 4.69) is 0 Å². The number of aliphatic carboxylic acids is 1. The number of carboxylic acids is 1. The van der Waals surface area contributed by atoms with Gasteiger partial charge in [0.2, 0.25) is 0 Å². The van der Waals surface area contributed by atoms with Gasteiger partial charge in [-0.25, -0.2) is 0 Å². The van der Waals surface area contributed by atoms with Crippen molar-refractivity contribution in [1.82, 2.24) is 0 Å². The molecule has 1 aromatic rings. The van der Waals surface area contributed by atoms with Crippen molar-refractivity contribution in [3.8, 4) is 0 Å².